The minimum Gasteiger partial charge on any atom is -0.327 e. The molecule has 0 aromatic carbocycles. The summed E-state index contributed by atoms with van der Waals surface area (Å²) < 4.78 is 35.1. The number of hydrogen-bond acceptors (Lipinski definition) is 3. The van der Waals surface area contributed by atoms with Gasteiger partial charge in [-0.3, -0.25) is 9.63 Å². The predicted octanol–water partition coefficient (Wildman–Crippen LogP) is 1.75. The normalized spacial score (nSPS) is 14.5. The first-order valence-electron chi connectivity index (χ1n) is 5.22. The van der Waals surface area contributed by atoms with E-state index < -0.39 is 24.7 Å². The number of rotatable bonds is 5. The molecule has 0 radical (unpaired) electrons. The first kappa shape index (κ1) is 16.2. The number of nitrogens with one attached hydrogen (secondary N) is 1. The highest BCUT2D eigenvalue weighted by Crippen LogP contribution is 2.21. The number of carbonyl (C=O) groups is 1. The third kappa shape index (κ3) is 11.4. The summed E-state index contributed by atoms with van der Waals surface area (Å²) in [5, 5.41) is 0. The zero-order valence-corrected chi connectivity index (χ0v) is 10.2. The second kappa shape index (κ2) is 6.20. The fourth-order valence-electron chi connectivity index (χ4n) is 1.34. The molecule has 3 N–H and O–H groups in total. The van der Waals surface area contributed by atoms with Gasteiger partial charge in [0.2, 0.25) is 5.91 Å². The van der Waals surface area contributed by atoms with E-state index in [0.717, 1.165) is 0 Å². The molecule has 17 heavy (non-hydrogen) atoms. The number of amides is 1. The maximum Gasteiger partial charge on any atom is 0.414 e. The van der Waals surface area contributed by atoms with Crippen LogP contribution in [0.3, 0.4) is 0 Å². The molecule has 0 aromatic heterocycles. The molecule has 0 fully saturated rings. The largest absolute Gasteiger partial charge is 0.414 e. The number of hydrogen-bond donors (Lipinski definition) is 2. The van der Waals surface area contributed by atoms with Gasteiger partial charge in [-0.25, -0.2) is 5.48 Å². The van der Waals surface area contributed by atoms with E-state index in [1.807, 2.05) is 20.8 Å². The number of carbonyl (C=O) groups excluding carboxylic acids is 1. The first-order valence-corrected chi connectivity index (χ1v) is 5.22. The Labute approximate surface area is 98.6 Å². The van der Waals surface area contributed by atoms with Crippen LogP contribution in [0.2, 0.25) is 0 Å². The van der Waals surface area contributed by atoms with Crippen molar-refractivity contribution in [3.63, 3.8) is 0 Å². The summed E-state index contributed by atoms with van der Waals surface area (Å²) >= 11 is 0. The van der Waals surface area contributed by atoms with Gasteiger partial charge in [0, 0.05) is 12.5 Å². The SMILES string of the molecule is CC(C)(C)CC(N)CC(=O)NOCC(F)(F)F. The zero-order chi connectivity index (χ0) is 13.7. The number of alkyl halides is 3. The van der Waals surface area contributed by atoms with Crippen molar-refractivity contribution in [3.8, 4) is 0 Å². The predicted molar refractivity (Wildman–Crippen MR) is 56.8 cm³/mol. The molecule has 0 saturated heterocycles. The van der Waals surface area contributed by atoms with Crippen LogP contribution in [-0.2, 0) is 9.63 Å². The van der Waals surface area contributed by atoms with Crippen LogP contribution < -0.4 is 11.2 Å². The molecule has 7 heteroatoms. The molecule has 0 aliphatic heterocycles. The lowest BCUT2D eigenvalue weighted by atomic mass is 9.87. The average Bonchev–Trinajstić information content (AvgIpc) is 1.96. The van der Waals surface area contributed by atoms with Gasteiger partial charge >= 0.3 is 6.18 Å². The molecular formula is C10H19F3N2O2. The molecule has 1 atom stereocenters. The van der Waals surface area contributed by atoms with Gasteiger partial charge in [-0.1, -0.05) is 20.8 Å². The summed E-state index contributed by atoms with van der Waals surface area (Å²) in [7, 11) is 0. The second-order valence-electron chi connectivity index (χ2n) is 5.16. The van der Waals surface area contributed by atoms with Crippen molar-refractivity contribution in [2.75, 3.05) is 6.61 Å². The minimum absolute atomic E-state index is 0.0352. The zero-order valence-electron chi connectivity index (χ0n) is 10.2. The van der Waals surface area contributed by atoms with Crippen molar-refractivity contribution in [3.05, 3.63) is 0 Å². The number of nitrogens with two attached hydrogens (primary N) is 1. The van der Waals surface area contributed by atoms with Gasteiger partial charge in [-0.05, 0) is 11.8 Å². The molecule has 0 spiro atoms. The lowest BCUT2D eigenvalue weighted by Gasteiger charge is -2.22. The third-order valence-electron chi connectivity index (χ3n) is 1.74. The Balaban J connectivity index is 3.80. The molecule has 0 saturated carbocycles. The third-order valence-corrected chi connectivity index (χ3v) is 1.74. The minimum atomic E-state index is -4.46. The fourth-order valence-corrected chi connectivity index (χ4v) is 1.34. The van der Waals surface area contributed by atoms with Gasteiger partial charge in [0.15, 0.2) is 6.61 Å². The Morgan fingerprint density at radius 2 is 1.88 bits per heavy atom. The van der Waals surface area contributed by atoms with Crippen LogP contribution in [0.4, 0.5) is 13.2 Å². The van der Waals surface area contributed by atoms with E-state index in [1.165, 1.54) is 0 Å². The quantitative estimate of drug-likeness (QED) is 0.736. The van der Waals surface area contributed by atoms with Crippen LogP contribution in [0.25, 0.3) is 0 Å². The summed E-state index contributed by atoms with van der Waals surface area (Å²) in [5.41, 5.74) is 7.36. The molecule has 1 amide bonds. The second-order valence-corrected chi connectivity index (χ2v) is 5.16. The van der Waals surface area contributed by atoms with Crippen LogP contribution in [0, 0.1) is 5.41 Å². The number of hydroxylamine groups is 1. The summed E-state index contributed by atoms with van der Waals surface area (Å²) in [4.78, 5) is 15.2. The van der Waals surface area contributed by atoms with E-state index in [2.05, 4.69) is 4.84 Å². The molecule has 0 bridgehead atoms. The summed E-state index contributed by atoms with van der Waals surface area (Å²) in [6, 6.07) is -0.399. The average molecular weight is 256 g/mol. The molecule has 0 aliphatic rings. The lowest BCUT2D eigenvalue weighted by molar-refractivity contribution is -0.191. The number of halogens is 3. The van der Waals surface area contributed by atoms with Gasteiger partial charge in [0.05, 0.1) is 0 Å². The maximum atomic E-state index is 11.7. The van der Waals surface area contributed by atoms with Crippen molar-refractivity contribution in [1.29, 1.82) is 0 Å². The molecule has 0 aliphatic carbocycles. The topological polar surface area (TPSA) is 64.4 Å². The van der Waals surface area contributed by atoms with Crippen molar-refractivity contribution in [2.24, 2.45) is 11.1 Å². The molecule has 0 heterocycles. The van der Waals surface area contributed by atoms with Crippen LogP contribution >= 0.6 is 0 Å². The van der Waals surface area contributed by atoms with Crippen LogP contribution in [0.15, 0.2) is 0 Å². The van der Waals surface area contributed by atoms with Gasteiger partial charge in [0.1, 0.15) is 0 Å². The van der Waals surface area contributed by atoms with Gasteiger partial charge in [-0.2, -0.15) is 13.2 Å². The van der Waals surface area contributed by atoms with E-state index in [9.17, 15) is 18.0 Å². The summed E-state index contributed by atoms with van der Waals surface area (Å²) in [6.45, 7) is 4.38. The standard InChI is InChI=1S/C10H19F3N2O2/c1-9(2,3)5-7(14)4-8(16)15-17-6-10(11,12)13/h7H,4-6,14H2,1-3H3,(H,15,16). The van der Waals surface area contributed by atoms with Crippen molar-refractivity contribution in [2.45, 2.75) is 45.8 Å². The van der Waals surface area contributed by atoms with E-state index in [4.69, 9.17) is 5.73 Å². The van der Waals surface area contributed by atoms with Crippen LogP contribution in [0.5, 0.6) is 0 Å². The Bertz CT molecular complexity index is 249. The van der Waals surface area contributed by atoms with E-state index >= 15 is 0 Å². The highest BCUT2D eigenvalue weighted by atomic mass is 19.4. The summed E-state index contributed by atoms with van der Waals surface area (Å²) in [5.74, 6) is -0.647. The maximum absolute atomic E-state index is 11.7. The van der Waals surface area contributed by atoms with Gasteiger partial charge in [-0.15, -0.1) is 0 Å². The van der Waals surface area contributed by atoms with Crippen molar-refractivity contribution < 1.29 is 22.8 Å². The first-order chi connectivity index (χ1) is 7.49. The smallest absolute Gasteiger partial charge is 0.327 e. The Morgan fingerprint density at radius 3 is 2.29 bits per heavy atom. The van der Waals surface area contributed by atoms with E-state index in [-0.39, 0.29) is 11.8 Å². The monoisotopic (exact) mass is 256 g/mol. The highest BCUT2D eigenvalue weighted by molar-refractivity contribution is 5.75. The molecule has 0 rings (SSSR count). The molecular weight excluding hydrogens is 237 g/mol. The van der Waals surface area contributed by atoms with Gasteiger partial charge < -0.3 is 5.73 Å². The highest BCUT2D eigenvalue weighted by Gasteiger charge is 2.28. The molecule has 1 unspecified atom stereocenters. The molecule has 0 aromatic rings. The molecule has 102 valence electrons. The fraction of sp³-hybridized carbons (Fsp3) is 0.900. The lowest BCUT2D eigenvalue weighted by Crippen LogP contribution is -2.35. The Morgan fingerprint density at radius 1 is 1.35 bits per heavy atom. The Hall–Kier alpha value is -0.820. The van der Waals surface area contributed by atoms with Crippen LogP contribution in [0.1, 0.15) is 33.6 Å². The van der Waals surface area contributed by atoms with E-state index in [0.29, 0.717) is 6.42 Å². The van der Waals surface area contributed by atoms with E-state index in [1.54, 1.807) is 5.48 Å². The van der Waals surface area contributed by atoms with Crippen molar-refractivity contribution >= 4 is 5.91 Å². The van der Waals surface area contributed by atoms with Crippen molar-refractivity contribution in [1.82, 2.24) is 5.48 Å². The van der Waals surface area contributed by atoms with Crippen LogP contribution in [-0.4, -0.2) is 24.7 Å². The molecule has 4 nitrogen and oxygen atoms in total. The van der Waals surface area contributed by atoms with Gasteiger partial charge in [0.25, 0.3) is 0 Å². The summed E-state index contributed by atoms with van der Waals surface area (Å²) in [6.07, 6.45) is -3.92. The Kier molecular flexibility index (Phi) is 5.91.